The number of ether oxygens (including phenoxy) is 2. The molecule has 0 saturated heterocycles. The van der Waals surface area contributed by atoms with E-state index < -0.39 is 4.92 Å². The molecular weight excluding hydrogens is 426 g/mol. The lowest BCUT2D eigenvalue weighted by atomic mass is 10.1. The van der Waals surface area contributed by atoms with Gasteiger partial charge >= 0.3 is 0 Å². The SMILES string of the molecule is N#CC(=CC=C(Cl)c1ccc([N+](=O)[O-])cc1)c1nc(-c2ccc3c(c2)OCO3)cs1. The van der Waals surface area contributed by atoms with Crippen LogP contribution in [0.25, 0.3) is 21.9 Å². The van der Waals surface area contributed by atoms with E-state index in [1.807, 2.05) is 23.6 Å². The number of nitriles is 1. The fourth-order valence-electron chi connectivity index (χ4n) is 2.74. The predicted molar refractivity (Wildman–Crippen MR) is 114 cm³/mol. The minimum atomic E-state index is -0.477. The maximum absolute atomic E-state index is 10.7. The molecule has 0 saturated carbocycles. The van der Waals surface area contributed by atoms with Crippen molar-refractivity contribution >= 4 is 39.2 Å². The van der Waals surface area contributed by atoms with Gasteiger partial charge in [-0.1, -0.05) is 11.6 Å². The minimum Gasteiger partial charge on any atom is -0.454 e. The Bertz CT molecular complexity index is 1230. The molecule has 9 heteroatoms. The molecule has 0 amide bonds. The molecule has 0 radical (unpaired) electrons. The average molecular weight is 438 g/mol. The maximum Gasteiger partial charge on any atom is 0.269 e. The number of nitrogens with zero attached hydrogens (tertiary/aromatic N) is 3. The van der Waals surface area contributed by atoms with Crippen LogP contribution in [0.3, 0.4) is 0 Å². The van der Waals surface area contributed by atoms with Crippen LogP contribution >= 0.6 is 22.9 Å². The third-order valence-corrected chi connectivity index (χ3v) is 5.49. The Kier molecular flexibility index (Phi) is 5.48. The summed E-state index contributed by atoms with van der Waals surface area (Å²) in [6.07, 6.45) is 3.15. The number of halogens is 1. The van der Waals surface area contributed by atoms with Gasteiger partial charge in [0.15, 0.2) is 11.5 Å². The summed E-state index contributed by atoms with van der Waals surface area (Å²) >= 11 is 7.62. The molecule has 4 rings (SSSR count). The third kappa shape index (κ3) is 4.03. The summed E-state index contributed by atoms with van der Waals surface area (Å²) in [7, 11) is 0. The molecule has 0 unspecified atom stereocenters. The molecule has 1 aromatic heterocycles. The second-order valence-electron chi connectivity index (χ2n) is 6.12. The Hall–Kier alpha value is -3.67. The number of thiazole rings is 1. The quantitative estimate of drug-likeness (QED) is 0.222. The Morgan fingerprint density at radius 2 is 1.97 bits per heavy atom. The lowest BCUT2D eigenvalue weighted by molar-refractivity contribution is -0.384. The second kappa shape index (κ2) is 8.37. The smallest absolute Gasteiger partial charge is 0.269 e. The first-order valence-electron chi connectivity index (χ1n) is 8.63. The zero-order valence-electron chi connectivity index (χ0n) is 15.2. The zero-order valence-corrected chi connectivity index (χ0v) is 16.8. The topological polar surface area (TPSA) is 98.3 Å². The number of benzene rings is 2. The first-order valence-corrected chi connectivity index (χ1v) is 9.89. The number of hydrogen-bond acceptors (Lipinski definition) is 7. The third-order valence-electron chi connectivity index (χ3n) is 4.27. The zero-order chi connectivity index (χ0) is 21.1. The minimum absolute atomic E-state index is 0.0182. The van der Waals surface area contributed by atoms with E-state index in [1.165, 1.54) is 23.5 Å². The monoisotopic (exact) mass is 437 g/mol. The highest BCUT2D eigenvalue weighted by atomic mass is 35.5. The Morgan fingerprint density at radius 1 is 1.20 bits per heavy atom. The van der Waals surface area contributed by atoms with Gasteiger partial charge in [-0.25, -0.2) is 4.98 Å². The molecule has 0 atom stereocenters. The first kappa shape index (κ1) is 19.6. The fourth-order valence-corrected chi connectivity index (χ4v) is 3.73. The summed E-state index contributed by atoms with van der Waals surface area (Å²) in [6, 6.07) is 13.5. The Labute approximate surface area is 180 Å². The molecule has 0 bridgehead atoms. The number of rotatable bonds is 5. The highest BCUT2D eigenvalue weighted by Gasteiger charge is 2.16. The highest BCUT2D eigenvalue weighted by Crippen LogP contribution is 2.36. The van der Waals surface area contributed by atoms with E-state index in [0.29, 0.717) is 32.7 Å². The molecule has 0 aliphatic carbocycles. The van der Waals surface area contributed by atoms with Gasteiger partial charge in [0.2, 0.25) is 6.79 Å². The summed E-state index contributed by atoms with van der Waals surface area (Å²) in [5.74, 6) is 1.36. The van der Waals surface area contributed by atoms with Crippen LogP contribution < -0.4 is 9.47 Å². The molecular formula is C21H12ClN3O4S. The van der Waals surface area contributed by atoms with E-state index in [-0.39, 0.29) is 12.5 Å². The molecule has 1 aliphatic heterocycles. The number of hydrogen-bond donors (Lipinski definition) is 0. The van der Waals surface area contributed by atoms with Crippen LogP contribution in [0.1, 0.15) is 10.6 Å². The number of nitro benzene ring substituents is 1. The van der Waals surface area contributed by atoms with Crippen LogP contribution in [0.2, 0.25) is 0 Å². The number of aromatic nitrogens is 1. The summed E-state index contributed by atoms with van der Waals surface area (Å²) in [5, 5.41) is 23.0. The van der Waals surface area contributed by atoms with E-state index in [4.69, 9.17) is 21.1 Å². The van der Waals surface area contributed by atoms with Gasteiger partial charge in [-0.15, -0.1) is 11.3 Å². The number of fused-ring (bicyclic) bond motifs is 1. The van der Waals surface area contributed by atoms with E-state index >= 15 is 0 Å². The number of nitro groups is 1. The van der Waals surface area contributed by atoms with E-state index in [0.717, 1.165) is 11.3 Å². The van der Waals surface area contributed by atoms with Crippen LogP contribution in [0.5, 0.6) is 11.5 Å². The summed E-state index contributed by atoms with van der Waals surface area (Å²) in [4.78, 5) is 14.8. The number of non-ortho nitro benzene ring substituents is 1. The van der Waals surface area contributed by atoms with Gasteiger partial charge in [0, 0.05) is 28.1 Å². The van der Waals surface area contributed by atoms with Crippen molar-refractivity contribution in [3.8, 4) is 28.8 Å². The van der Waals surface area contributed by atoms with Gasteiger partial charge in [-0.2, -0.15) is 5.26 Å². The molecule has 0 fully saturated rings. The van der Waals surface area contributed by atoms with Crippen LogP contribution in [0, 0.1) is 21.4 Å². The molecule has 1 aliphatic rings. The largest absolute Gasteiger partial charge is 0.454 e. The molecule has 0 N–H and O–H groups in total. The van der Waals surface area contributed by atoms with Crippen molar-refractivity contribution in [3.05, 3.63) is 80.7 Å². The molecule has 30 heavy (non-hydrogen) atoms. The van der Waals surface area contributed by atoms with Gasteiger partial charge in [-0.3, -0.25) is 10.1 Å². The van der Waals surface area contributed by atoms with Crippen molar-refractivity contribution in [2.24, 2.45) is 0 Å². The standard InChI is InChI=1S/C21H12ClN3O4S/c22-17(13-1-5-16(6-2-13)25(26)27)7-3-15(10-23)21-24-18(11-30-21)14-4-8-19-20(9-14)29-12-28-19/h1-9,11H,12H2. The van der Waals surface area contributed by atoms with Gasteiger partial charge in [0.05, 0.1) is 16.2 Å². The van der Waals surface area contributed by atoms with Crippen LogP contribution in [0.4, 0.5) is 5.69 Å². The van der Waals surface area contributed by atoms with Gasteiger partial charge < -0.3 is 9.47 Å². The van der Waals surface area contributed by atoms with Crippen molar-refractivity contribution in [1.82, 2.24) is 4.98 Å². The van der Waals surface area contributed by atoms with E-state index in [9.17, 15) is 15.4 Å². The normalized spacial score (nSPS) is 13.2. The van der Waals surface area contributed by atoms with Gasteiger partial charge in [0.1, 0.15) is 11.1 Å². The van der Waals surface area contributed by atoms with E-state index in [2.05, 4.69) is 11.1 Å². The van der Waals surface area contributed by atoms with Crippen molar-refractivity contribution < 1.29 is 14.4 Å². The number of allylic oxidation sites excluding steroid dienone is 3. The lowest BCUT2D eigenvalue weighted by Gasteiger charge is -1.99. The van der Waals surface area contributed by atoms with Gasteiger partial charge in [0.25, 0.3) is 5.69 Å². The molecule has 148 valence electrons. The Morgan fingerprint density at radius 3 is 2.70 bits per heavy atom. The van der Waals surface area contributed by atoms with Crippen LogP contribution in [-0.2, 0) is 0 Å². The molecule has 7 nitrogen and oxygen atoms in total. The van der Waals surface area contributed by atoms with Crippen LogP contribution in [0.15, 0.2) is 60.0 Å². The molecule has 3 aromatic rings. The fraction of sp³-hybridized carbons (Fsp3) is 0.0476. The van der Waals surface area contributed by atoms with Crippen molar-refractivity contribution in [3.63, 3.8) is 0 Å². The average Bonchev–Trinajstić information content (AvgIpc) is 3.43. The highest BCUT2D eigenvalue weighted by molar-refractivity contribution is 7.11. The molecule has 2 aromatic carbocycles. The Balaban J connectivity index is 1.57. The maximum atomic E-state index is 10.7. The molecule has 0 spiro atoms. The van der Waals surface area contributed by atoms with Crippen molar-refractivity contribution in [2.75, 3.05) is 6.79 Å². The van der Waals surface area contributed by atoms with Crippen molar-refractivity contribution in [1.29, 1.82) is 5.26 Å². The summed E-state index contributed by atoms with van der Waals surface area (Å²) in [5.41, 5.74) is 2.52. The first-order chi connectivity index (χ1) is 14.5. The van der Waals surface area contributed by atoms with Crippen molar-refractivity contribution in [2.45, 2.75) is 0 Å². The van der Waals surface area contributed by atoms with Crippen LogP contribution in [-0.4, -0.2) is 16.7 Å². The lowest BCUT2D eigenvalue weighted by Crippen LogP contribution is -1.92. The van der Waals surface area contributed by atoms with Gasteiger partial charge in [-0.05, 0) is 48.0 Å². The summed E-state index contributed by atoms with van der Waals surface area (Å²) < 4.78 is 10.7. The molecule has 2 heterocycles. The summed E-state index contributed by atoms with van der Waals surface area (Å²) in [6.45, 7) is 0.199. The van der Waals surface area contributed by atoms with E-state index in [1.54, 1.807) is 24.3 Å². The predicted octanol–water partition coefficient (Wildman–Crippen LogP) is 5.63. The second-order valence-corrected chi connectivity index (χ2v) is 7.38.